The predicted molar refractivity (Wildman–Crippen MR) is 89.8 cm³/mol. The molecule has 0 atom stereocenters. The van der Waals surface area contributed by atoms with E-state index in [1.54, 1.807) is 12.4 Å². The van der Waals surface area contributed by atoms with Crippen LogP contribution in [-0.2, 0) is 17.9 Å². The van der Waals surface area contributed by atoms with E-state index in [9.17, 15) is 4.79 Å². The number of anilines is 2. The number of fused-ring (bicyclic) bond motifs is 1. The maximum atomic E-state index is 10.7. The number of benzene rings is 1. The van der Waals surface area contributed by atoms with Crippen LogP contribution >= 0.6 is 11.3 Å². The van der Waals surface area contributed by atoms with E-state index in [1.165, 1.54) is 21.6 Å². The lowest BCUT2D eigenvalue weighted by molar-refractivity contribution is -0.137. The SMILES string of the molecule is O=C(O)Cn1cc(-c2nnc(Nc3ccc4c(c3)C=NC4)s2)cn1. The number of carbonyl (C=O) groups is 1. The molecule has 0 unspecified atom stereocenters. The highest BCUT2D eigenvalue weighted by Gasteiger charge is 2.12. The molecule has 1 aliphatic rings. The first-order valence-corrected chi connectivity index (χ1v) is 7.97. The van der Waals surface area contributed by atoms with Crippen molar-refractivity contribution in [3.05, 3.63) is 41.7 Å². The molecule has 0 aliphatic carbocycles. The number of aliphatic imine (C=N–C) groups is 1. The highest BCUT2D eigenvalue weighted by molar-refractivity contribution is 7.18. The largest absolute Gasteiger partial charge is 0.480 e. The molecule has 0 saturated carbocycles. The van der Waals surface area contributed by atoms with Gasteiger partial charge in [0.1, 0.15) is 6.54 Å². The summed E-state index contributed by atoms with van der Waals surface area (Å²) in [6.07, 6.45) is 5.09. The van der Waals surface area contributed by atoms with Crippen LogP contribution in [0.1, 0.15) is 11.1 Å². The van der Waals surface area contributed by atoms with E-state index in [2.05, 4.69) is 25.6 Å². The average molecular weight is 340 g/mol. The van der Waals surface area contributed by atoms with Gasteiger partial charge in [0, 0.05) is 18.1 Å². The Bertz CT molecular complexity index is 945. The van der Waals surface area contributed by atoms with Crippen molar-refractivity contribution in [3.63, 3.8) is 0 Å². The Kier molecular flexibility index (Phi) is 3.54. The van der Waals surface area contributed by atoms with Gasteiger partial charge in [-0.2, -0.15) is 5.10 Å². The standard InChI is InChI=1S/C15H12N6O2S/c22-13(23)8-21-7-11(6-17-21)14-19-20-15(24-14)18-12-2-1-9-4-16-5-10(9)3-12/h1-3,5-7H,4,8H2,(H,18,20)(H,22,23). The lowest BCUT2D eigenvalue weighted by atomic mass is 10.1. The minimum atomic E-state index is -0.940. The Balaban J connectivity index is 1.51. The quantitative estimate of drug-likeness (QED) is 0.737. The van der Waals surface area contributed by atoms with E-state index in [-0.39, 0.29) is 6.54 Å². The van der Waals surface area contributed by atoms with E-state index in [0.29, 0.717) is 10.1 Å². The van der Waals surface area contributed by atoms with Crippen molar-refractivity contribution in [2.75, 3.05) is 5.32 Å². The average Bonchev–Trinajstić information content (AvgIpc) is 3.26. The minimum absolute atomic E-state index is 0.180. The fourth-order valence-electron chi connectivity index (χ4n) is 2.39. The molecule has 2 N–H and O–H groups in total. The fourth-order valence-corrected chi connectivity index (χ4v) is 3.13. The van der Waals surface area contributed by atoms with Crippen LogP contribution in [0.5, 0.6) is 0 Å². The van der Waals surface area contributed by atoms with Crippen molar-refractivity contribution in [2.24, 2.45) is 4.99 Å². The molecule has 1 aromatic carbocycles. The number of nitrogens with one attached hydrogen (secondary N) is 1. The normalized spacial score (nSPS) is 12.3. The maximum absolute atomic E-state index is 10.7. The third-order valence-corrected chi connectivity index (χ3v) is 4.38. The third-order valence-electron chi connectivity index (χ3n) is 3.49. The molecule has 1 aliphatic heterocycles. The van der Waals surface area contributed by atoms with Crippen molar-refractivity contribution in [1.29, 1.82) is 0 Å². The number of carboxylic acid groups (broad SMARTS) is 1. The van der Waals surface area contributed by atoms with Crippen LogP contribution in [-0.4, -0.2) is 37.3 Å². The minimum Gasteiger partial charge on any atom is -0.480 e. The van der Waals surface area contributed by atoms with E-state index in [0.717, 1.165) is 23.4 Å². The number of aliphatic carboxylic acids is 1. The summed E-state index contributed by atoms with van der Waals surface area (Å²) in [5.41, 5.74) is 3.98. The van der Waals surface area contributed by atoms with Gasteiger partial charge >= 0.3 is 5.97 Å². The molecule has 0 radical (unpaired) electrons. The number of nitrogens with zero attached hydrogens (tertiary/aromatic N) is 5. The Morgan fingerprint density at radius 3 is 3.17 bits per heavy atom. The van der Waals surface area contributed by atoms with E-state index in [1.807, 2.05) is 24.4 Å². The van der Waals surface area contributed by atoms with E-state index in [4.69, 9.17) is 5.11 Å². The number of hydrogen-bond acceptors (Lipinski definition) is 7. The van der Waals surface area contributed by atoms with Gasteiger partial charge in [-0.1, -0.05) is 17.4 Å². The number of hydrogen-bond donors (Lipinski definition) is 2. The van der Waals surface area contributed by atoms with Gasteiger partial charge in [0.15, 0.2) is 5.01 Å². The summed E-state index contributed by atoms with van der Waals surface area (Å²) >= 11 is 1.38. The van der Waals surface area contributed by atoms with Gasteiger partial charge in [0.2, 0.25) is 5.13 Å². The van der Waals surface area contributed by atoms with Gasteiger partial charge in [-0.15, -0.1) is 10.2 Å². The summed E-state index contributed by atoms with van der Waals surface area (Å²) < 4.78 is 1.35. The van der Waals surface area contributed by atoms with Gasteiger partial charge in [-0.3, -0.25) is 14.5 Å². The summed E-state index contributed by atoms with van der Waals surface area (Å²) in [4.78, 5) is 14.9. The number of carboxylic acids is 1. The number of aromatic nitrogens is 4. The lowest BCUT2D eigenvalue weighted by Gasteiger charge is -2.03. The van der Waals surface area contributed by atoms with Gasteiger partial charge in [-0.05, 0) is 23.3 Å². The molecule has 0 fully saturated rings. The second-order valence-electron chi connectivity index (χ2n) is 5.24. The first-order chi connectivity index (χ1) is 11.7. The Morgan fingerprint density at radius 2 is 2.29 bits per heavy atom. The molecule has 9 heteroatoms. The molecular formula is C15H12N6O2S. The van der Waals surface area contributed by atoms with Crippen LogP contribution in [0.25, 0.3) is 10.6 Å². The second kappa shape index (κ2) is 5.85. The van der Waals surface area contributed by atoms with Crippen LogP contribution in [0.3, 0.4) is 0 Å². The molecule has 0 amide bonds. The number of rotatable bonds is 5. The zero-order valence-electron chi connectivity index (χ0n) is 12.4. The topological polar surface area (TPSA) is 105 Å². The van der Waals surface area contributed by atoms with Crippen LogP contribution in [0.2, 0.25) is 0 Å². The molecule has 24 heavy (non-hydrogen) atoms. The van der Waals surface area contributed by atoms with Crippen molar-refractivity contribution in [3.8, 4) is 10.6 Å². The molecule has 3 heterocycles. The van der Waals surface area contributed by atoms with Crippen LogP contribution in [0.15, 0.2) is 35.6 Å². The smallest absolute Gasteiger partial charge is 0.325 e. The van der Waals surface area contributed by atoms with Crippen molar-refractivity contribution < 1.29 is 9.90 Å². The second-order valence-corrected chi connectivity index (χ2v) is 6.22. The molecule has 8 nitrogen and oxygen atoms in total. The molecule has 2 aromatic heterocycles. The fraction of sp³-hybridized carbons (Fsp3) is 0.133. The molecule has 0 saturated heterocycles. The summed E-state index contributed by atoms with van der Waals surface area (Å²) in [7, 11) is 0. The van der Waals surface area contributed by atoms with Crippen molar-refractivity contribution in [2.45, 2.75) is 13.1 Å². The monoisotopic (exact) mass is 340 g/mol. The van der Waals surface area contributed by atoms with Gasteiger partial charge in [-0.25, -0.2) is 0 Å². The molecule has 3 aromatic rings. The Hall–Kier alpha value is -3.07. The highest BCUT2D eigenvalue weighted by atomic mass is 32.1. The van der Waals surface area contributed by atoms with E-state index < -0.39 is 5.97 Å². The predicted octanol–water partition coefficient (Wildman–Crippen LogP) is 2.16. The zero-order chi connectivity index (χ0) is 16.5. The zero-order valence-corrected chi connectivity index (χ0v) is 13.2. The van der Waals surface area contributed by atoms with E-state index >= 15 is 0 Å². The molecule has 0 bridgehead atoms. The summed E-state index contributed by atoms with van der Waals surface area (Å²) in [6.45, 7) is 0.555. The molecular weight excluding hydrogens is 328 g/mol. The third kappa shape index (κ3) is 2.88. The summed E-state index contributed by atoms with van der Waals surface area (Å²) in [5.74, 6) is -0.940. The molecule has 120 valence electrons. The lowest BCUT2D eigenvalue weighted by Crippen LogP contribution is -2.08. The molecule has 4 rings (SSSR count). The first-order valence-electron chi connectivity index (χ1n) is 7.15. The van der Waals surface area contributed by atoms with Crippen LogP contribution < -0.4 is 5.32 Å². The highest BCUT2D eigenvalue weighted by Crippen LogP contribution is 2.29. The van der Waals surface area contributed by atoms with Gasteiger partial charge < -0.3 is 10.4 Å². The summed E-state index contributed by atoms with van der Waals surface area (Å²) in [6, 6.07) is 6.06. The van der Waals surface area contributed by atoms with Gasteiger partial charge in [0.05, 0.1) is 18.3 Å². The Labute approximate surface area is 140 Å². The van der Waals surface area contributed by atoms with Crippen LogP contribution in [0.4, 0.5) is 10.8 Å². The first kappa shape index (κ1) is 14.5. The van der Waals surface area contributed by atoms with Crippen molar-refractivity contribution in [1.82, 2.24) is 20.0 Å². The Morgan fingerprint density at radius 1 is 1.38 bits per heavy atom. The maximum Gasteiger partial charge on any atom is 0.325 e. The van der Waals surface area contributed by atoms with Crippen LogP contribution in [0, 0.1) is 0 Å². The molecule has 0 spiro atoms. The summed E-state index contributed by atoms with van der Waals surface area (Å²) in [5, 5.41) is 25.6. The van der Waals surface area contributed by atoms with Crippen molar-refractivity contribution >= 4 is 34.3 Å². The van der Waals surface area contributed by atoms with Gasteiger partial charge in [0.25, 0.3) is 0 Å².